The first kappa shape index (κ1) is 23.4. The number of aryl methyl sites for hydroxylation is 1. The molecule has 1 saturated heterocycles. The molecule has 1 aliphatic heterocycles. The molecule has 1 aromatic carbocycles. The molecule has 0 saturated carbocycles. The number of carbonyl (C=O) groups is 1. The third-order valence-corrected chi connectivity index (χ3v) is 7.03. The van der Waals surface area contributed by atoms with E-state index >= 15 is 0 Å². The van der Waals surface area contributed by atoms with Crippen LogP contribution >= 0.6 is 0 Å². The van der Waals surface area contributed by atoms with Crippen molar-refractivity contribution in [3.8, 4) is 0 Å². The summed E-state index contributed by atoms with van der Waals surface area (Å²) in [5, 5.41) is 7.41. The fraction of sp³-hybridized carbons (Fsp3) is 0.444. The Balaban J connectivity index is 1.08. The number of piperidine rings is 1. The Morgan fingerprint density at radius 1 is 1.14 bits per heavy atom. The fourth-order valence-electron chi connectivity index (χ4n) is 5.14. The molecule has 8 heteroatoms. The molecule has 0 spiro atoms. The largest absolute Gasteiger partial charge is 0.463 e. The van der Waals surface area contributed by atoms with Crippen molar-refractivity contribution in [2.24, 2.45) is 5.92 Å². The van der Waals surface area contributed by atoms with Crippen LogP contribution in [0.5, 0.6) is 0 Å². The molecule has 1 fully saturated rings. The van der Waals surface area contributed by atoms with Gasteiger partial charge in [-0.1, -0.05) is 37.3 Å². The van der Waals surface area contributed by atoms with Crippen LogP contribution in [0.3, 0.4) is 0 Å². The van der Waals surface area contributed by atoms with Gasteiger partial charge in [-0.25, -0.2) is 4.68 Å². The summed E-state index contributed by atoms with van der Waals surface area (Å²) in [6.45, 7) is 5.70. The SMILES string of the molecule is CCc1nn(CC(=O)NCCCN2CCC(Cc3ccccc3)CC2)c(=O)c2cc3occc3n12. The summed E-state index contributed by atoms with van der Waals surface area (Å²) in [5.41, 5.74) is 3.09. The Morgan fingerprint density at radius 2 is 1.94 bits per heavy atom. The number of carbonyl (C=O) groups excluding carboxylic acids is 1. The van der Waals surface area contributed by atoms with E-state index in [9.17, 15) is 9.59 Å². The minimum Gasteiger partial charge on any atom is -0.463 e. The molecule has 0 unspecified atom stereocenters. The highest BCUT2D eigenvalue weighted by Crippen LogP contribution is 2.22. The average Bonchev–Trinajstić information content (AvgIpc) is 3.47. The topological polar surface area (TPSA) is 84.8 Å². The molecule has 0 radical (unpaired) electrons. The number of likely N-dealkylation sites (tertiary alicyclic amines) is 1. The Bertz CT molecular complexity index is 1350. The van der Waals surface area contributed by atoms with Gasteiger partial charge in [0.15, 0.2) is 5.58 Å². The number of fused-ring (bicyclic) bond motifs is 3. The standard InChI is InChI=1S/C27H33N5O3/c1-2-25-29-31(27(34)23-18-24-22(32(23)25)11-16-35-24)19-26(33)28-12-6-13-30-14-9-21(10-15-30)17-20-7-4-3-5-8-20/h3-5,7-8,11,16,18,21H,2,6,9-10,12-15,17,19H2,1H3,(H,28,33). The minimum atomic E-state index is -0.290. The Kier molecular flexibility index (Phi) is 6.99. The molecule has 0 atom stereocenters. The molecule has 0 aliphatic carbocycles. The van der Waals surface area contributed by atoms with Gasteiger partial charge in [-0.3, -0.25) is 14.0 Å². The molecule has 3 aromatic heterocycles. The fourth-order valence-corrected chi connectivity index (χ4v) is 5.14. The lowest BCUT2D eigenvalue weighted by Crippen LogP contribution is -2.38. The van der Waals surface area contributed by atoms with Gasteiger partial charge in [0.1, 0.15) is 17.9 Å². The Morgan fingerprint density at radius 3 is 2.71 bits per heavy atom. The van der Waals surface area contributed by atoms with Gasteiger partial charge in [0.05, 0.1) is 11.8 Å². The molecular weight excluding hydrogens is 442 g/mol. The van der Waals surface area contributed by atoms with Gasteiger partial charge >= 0.3 is 0 Å². The van der Waals surface area contributed by atoms with Crippen LogP contribution in [0.2, 0.25) is 0 Å². The van der Waals surface area contributed by atoms with E-state index in [2.05, 4.69) is 45.6 Å². The molecule has 4 heterocycles. The summed E-state index contributed by atoms with van der Waals surface area (Å²) in [5.74, 6) is 1.29. The van der Waals surface area contributed by atoms with E-state index in [-0.39, 0.29) is 18.0 Å². The van der Waals surface area contributed by atoms with Crippen molar-refractivity contribution >= 4 is 22.5 Å². The van der Waals surface area contributed by atoms with Gasteiger partial charge in [0.2, 0.25) is 5.91 Å². The van der Waals surface area contributed by atoms with Crippen LogP contribution in [0, 0.1) is 5.92 Å². The maximum absolute atomic E-state index is 12.9. The number of aromatic nitrogens is 3. The number of hydrogen-bond donors (Lipinski definition) is 1. The summed E-state index contributed by atoms with van der Waals surface area (Å²) in [6, 6.07) is 14.3. The zero-order chi connectivity index (χ0) is 24.2. The number of rotatable bonds is 9. The number of nitrogens with zero attached hydrogens (tertiary/aromatic N) is 4. The third kappa shape index (κ3) is 5.17. The quantitative estimate of drug-likeness (QED) is 0.376. The number of benzene rings is 1. The zero-order valence-corrected chi connectivity index (χ0v) is 20.3. The Labute approximate surface area is 204 Å². The van der Waals surface area contributed by atoms with Crippen LogP contribution in [-0.4, -0.2) is 51.2 Å². The molecule has 0 bridgehead atoms. The van der Waals surface area contributed by atoms with Gasteiger partial charge in [0, 0.05) is 25.1 Å². The molecule has 4 aromatic rings. The smallest absolute Gasteiger partial charge is 0.291 e. The molecule has 35 heavy (non-hydrogen) atoms. The highest BCUT2D eigenvalue weighted by atomic mass is 16.3. The number of nitrogens with one attached hydrogen (secondary N) is 1. The predicted octanol–water partition coefficient (Wildman–Crippen LogP) is 3.27. The lowest BCUT2D eigenvalue weighted by molar-refractivity contribution is -0.121. The lowest BCUT2D eigenvalue weighted by Gasteiger charge is -2.32. The van der Waals surface area contributed by atoms with E-state index in [1.165, 1.54) is 29.5 Å². The van der Waals surface area contributed by atoms with Crippen LogP contribution in [0.15, 0.2) is 57.9 Å². The molecular formula is C27H33N5O3. The van der Waals surface area contributed by atoms with Crippen LogP contribution in [-0.2, 0) is 24.2 Å². The van der Waals surface area contributed by atoms with E-state index in [1.54, 1.807) is 12.3 Å². The van der Waals surface area contributed by atoms with Crippen molar-refractivity contribution in [2.75, 3.05) is 26.2 Å². The van der Waals surface area contributed by atoms with Crippen molar-refractivity contribution in [2.45, 2.75) is 45.6 Å². The van der Waals surface area contributed by atoms with E-state index in [1.807, 2.05) is 17.4 Å². The highest BCUT2D eigenvalue weighted by molar-refractivity contribution is 5.82. The molecule has 1 N–H and O–H groups in total. The van der Waals surface area contributed by atoms with Crippen molar-refractivity contribution in [3.63, 3.8) is 0 Å². The lowest BCUT2D eigenvalue weighted by atomic mass is 9.90. The second-order valence-corrected chi connectivity index (χ2v) is 9.45. The van der Waals surface area contributed by atoms with Gasteiger partial charge < -0.3 is 14.6 Å². The molecule has 184 valence electrons. The summed E-state index contributed by atoms with van der Waals surface area (Å²) < 4.78 is 8.53. The first-order chi connectivity index (χ1) is 17.1. The number of amides is 1. The number of furan rings is 1. The normalized spacial score (nSPS) is 15.2. The molecule has 8 nitrogen and oxygen atoms in total. The highest BCUT2D eigenvalue weighted by Gasteiger charge is 2.19. The van der Waals surface area contributed by atoms with Crippen molar-refractivity contribution < 1.29 is 9.21 Å². The zero-order valence-electron chi connectivity index (χ0n) is 20.3. The van der Waals surface area contributed by atoms with Crippen LogP contribution in [0.1, 0.15) is 37.6 Å². The van der Waals surface area contributed by atoms with Crippen LogP contribution in [0.4, 0.5) is 0 Å². The van der Waals surface area contributed by atoms with E-state index in [4.69, 9.17) is 4.42 Å². The van der Waals surface area contributed by atoms with Gasteiger partial charge in [-0.05, 0) is 56.8 Å². The maximum Gasteiger partial charge on any atom is 0.291 e. The van der Waals surface area contributed by atoms with Gasteiger partial charge in [0.25, 0.3) is 5.56 Å². The monoisotopic (exact) mass is 475 g/mol. The van der Waals surface area contributed by atoms with Crippen molar-refractivity contribution in [1.82, 2.24) is 24.4 Å². The van der Waals surface area contributed by atoms with Crippen molar-refractivity contribution in [1.29, 1.82) is 0 Å². The molecule has 1 amide bonds. The van der Waals surface area contributed by atoms with E-state index < -0.39 is 0 Å². The average molecular weight is 476 g/mol. The summed E-state index contributed by atoms with van der Waals surface area (Å²) in [4.78, 5) is 28.0. The summed E-state index contributed by atoms with van der Waals surface area (Å²) in [7, 11) is 0. The van der Waals surface area contributed by atoms with Crippen LogP contribution < -0.4 is 10.9 Å². The summed E-state index contributed by atoms with van der Waals surface area (Å²) >= 11 is 0. The van der Waals surface area contributed by atoms with Crippen molar-refractivity contribution in [3.05, 3.63) is 70.5 Å². The Hall–Kier alpha value is -3.39. The predicted molar refractivity (Wildman–Crippen MR) is 136 cm³/mol. The van der Waals surface area contributed by atoms with E-state index in [0.717, 1.165) is 43.3 Å². The first-order valence-corrected chi connectivity index (χ1v) is 12.6. The summed E-state index contributed by atoms with van der Waals surface area (Å²) in [6.07, 6.45) is 6.74. The first-order valence-electron chi connectivity index (χ1n) is 12.6. The second kappa shape index (κ2) is 10.5. The number of hydrogen-bond acceptors (Lipinski definition) is 5. The van der Waals surface area contributed by atoms with Gasteiger partial charge in [-0.15, -0.1) is 0 Å². The maximum atomic E-state index is 12.9. The van der Waals surface area contributed by atoms with Crippen LogP contribution in [0.25, 0.3) is 16.6 Å². The second-order valence-electron chi connectivity index (χ2n) is 9.45. The third-order valence-electron chi connectivity index (χ3n) is 7.03. The van der Waals surface area contributed by atoms with Gasteiger partial charge in [-0.2, -0.15) is 5.10 Å². The molecule has 5 rings (SSSR count). The van der Waals surface area contributed by atoms with E-state index in [0.29, 0.717) is 24.1 Å². The molecule has 1 aliphatic rings. The minimum absolute atomic E-state index is 0.0836.